The average Bonchev–Trinajstić information content (AvgIpc) is 3.24. The van der Waals surface area contributed by atoms with Crippen LogP contribution in [0.2, 0.25) is 0 Å². The van der Waals surface area contributed by atoms with Crippen molar-refractivity contribution in [3.05, 3.63) is 36.4 Å². The molecule has 0 aromatic carbocycles. The molecule has 0 amide bonds. The number of aliphatic hydroxyl groups excluding tert-OH is 1. The quantitative estimate of drug-likeness (QED) is 0.570. The summed E-state index contributed by atoms with van der Waals surface area (Å²) in [5, 5.41) is 17.7. The molecular weight excluding hydrogens is 354 g/mol. The predicted octanol–water partition coefficient (Wildman–Crippen LogP) is 2.70. The minimum atomic E-state index is -0.165. The Bertz CT molecular complexity index is 1150. The third-order valence-corrected chi connectivity index (χ3v) is 5.66. The molecule has 8 heteroatoms. The number of hydrogen-bond acceptors (Lipinski definition) is 6. The summed E-state index contributed by atoms with van der Waals surface area (Å²) in [4.78, 5) is 13.8. The van der Waals surface area contributed by atoms with E-state index in [-0.39, 0.29) is 6.10 Å². The second-order valence-corrected chi connectivity index (χ2v) is 7.55. The van der Waals surface area contributed by atoms with Gasteiger partial charge in [-0.15, -0.1) is 5.10 Å². The molecule has 1 fully saturated rings. The van der Waals surface area contributed by atoms with Crippen LogP contribution >= 0.6 is 0 Å². The van der Waals surface area contributed by atoms with Crippen molar-refractivity contribution >= 4 is 22.6 Å². The Morgan fingerprint density at radius 3 is 2.75 bits per heavy atom. The Morgan fingerprint density at radius 2 is 1.93 bits per heavy atom. The molecule has 28 heavy (non-hydrogen) atoms. The smallest absolute Gasteiger partial charge is 0.241 e. The van der Waals surface area contributed by atoms with Crippen LogP contribution in [0.1, 0.15) is 31.5 Å². The first-order valence-electron chi connectivity index (χ1n) is 9.68. The van der Waals surface area contributed by atoms with Gasteiger partial charge in [0.15, 0.2) is 5.65 Å². The second kappa shape index (κ2) is 6.56. The molecule has 0 spiro atoms. The summed E-state index contributed by atoms with van der Waals surface area (Å²) >= 11 is 0. The first-order valence-corrected chi connectivity index (χ1v) is 9.68. The van der Waals surface area contributed by atoms with Crippen LogP contribution in [0.4, 0.5) is 5.95 Å². The molecule has 0 atom stereocenters. The summed E-state index contributed by atoms with van der Waals surface area (Å²) in [5.74, 6) is 1.55. The lowest BCUT2D eigenvalue weighted by Crippen LogP contribution is -2.29. The highest BCUT2D eigenvalue weighted by atomic mass is 16.3. The van der Waals surface area contributed by atoms with Gasteiger partial charge in [-0.05, 0) is 50.8 Å². The molecule has 1 aliphatic carbocycles. The van der Waals surface area contributed by atoms with E-state index in [0.29, 0.717) is 12.0 Å². The topological polar surface area (TPSA) is 93.2 Å². The fourth-order valence-corrected chi connectivity index (χ4v) is 3.91. The van der Waals surface area contributed by atoms with Gasteiger partial charge in [0.05, 0.1) is 23.5 Å². The lowest BCUT2D eigenvalue weighted by atomic mass is 9.93. The summed E-state index contributed by atoms with van der Waals surface area (Å²) in [7, 11) is 1.98. The average molecular weight is 377 g/mol. The summed E-state index contributed by atoms with van der Waals surface area (Å²) in [6.45, 7) is 1.98. The lowest BCUT2D eigenvalue weighted by Gasteiger charge is -2.26. The number of hydrogen-bond donors (Lipinski definition) is 2. The normalized spacial score (nSPS) is 20.1. The first kappa shape index (κ1) is 17.1. The van der Waals surface area contributed by atoms with Crippen LogP contribution in [-0.4, -0.2) is 46.4 Å². The lowest BCUT2D eigenvalue weighted by molar-refractivity contribution is 0.126. The molecule has 1 aliphatic rings. The molecule has 0 aliphatic heterocycles. The van der Waals surface area contributed by atoms with Gasteiger partial charge in [0, 0.05) is 24.8 Å². The van der Waals surface area contributed by atoms with Crippen molar-refractivity contribution in [2.45, 2.75) is 44.8 Å². The maximum atomic E-state index is 9.66. The first-order chi connectivity index (χ1) is 13.6. The molecule has 0 bridgehead atoms. The number of pyridine rings is 1. The maximum Gasteiger partial charge on any atom is 0.241 e. The molecule has 144 valence electrons. The summed E-state index contributed by atoms with van der Waals surface area (Å²) < 4.78 is 3.83. The molecule has 0 unspecified atom stereocenters. The molecule has 4 aromatic rings. The number of aryl methyl sites for hydroxylation is 2. The Hall–Kier alpha value is -3.00. The number of nitrogens with zero attached hydrogens (tertiary/aromatic N) is 6. The van der Waals surface area contributed by atoms with E-state index in [4.69, 9.17) is 4.98 Å². The van der Waals surface area contributed by atoms with Crippen molar-refractivity contribution in [2.24, 2.45) is 7.05 Å². The van der Waals surface area contributed by atoms with Crippen LogP contribution in [0.15, 0.2) is 30.6 Å². The summed E-state index contributed by atoms with van der Waals surface area (Å²) in [6.07, 6.45) is 7.14. The Labute approximate surface area is 162 Å². The molecular formula is C20H23N7O. The summed E-state index contributed by atoms with van der Waals surface area (Å²) in [5.41, 5.74) is 4.55. The van der Waals surface area contributed by atoms with Crippen molar-refractivity contribution in [3.8, 4) is 11.3 Å². The number of anilines is 1. The van der Waals surface area contributed by atoms with Gasteiger partial charge in [0.2, 0.25) is 5.95 Å². The SMILES string of the molecule is Cc1nc2ccc(-c3ccn4nc(N[C@H]5CC[C@@H](O)CC5)ncc34)nc2n1C. The molecule has 1 saturated carbocycles. The van der Waals surface area contributed by atoms with E-state index < -0.39 is 0 Å². The fraction of sp³-hybridized carbons (Fsp3) is 0.400. The van der Waals surface area contributed by atoms with E-state index in [1.807, 2.05) is 53.6 Å². The molecule has 5 rings (SSSR count). The molecule has 8 nitrogen and oxygen atoms in total. The van der Waals surface area contributed by atoms with Crippen molar-refractivity contribution in [1.29, 1.82) is 0 Å². The van der Waals surface area contributed by atoms with Gasteiger partial charge >= 0.3 is 0 Å². The Balaban J connectivity index is 1.46. The van der Waals surface area contributed by atoms with E-state index in [9.17, 15) is 5.11 Å². The van der Waals surface area contributed by atoms with Crippen LogP contribution in [-0.2, 0) is 7.05 Å². The molecule has 4 aromatic heterocycles. The number of fused-ring (bicyclic) bond motifs is 2. The zero-order valence-corrected chi connectivity index (χ0v) is 16.0. The van der Waals surface area contributed by atoms with Gasteiger partial charge in [-0.2, -0.15) is 0 Å². The number of imidazole rings is 1. The van der Waals surface area contributed by atoms with E-state index in [1.54, 1.807) is 0 Å². The Morgan fingerprint density at radius 1 is 1.11 bits per heavy atom. The zero-order chi connectivity index (χ0) is 19.3. The van der Waals surface area contributed by atoms with Crippen LogP contribution in [0.5, 0.6) is 0 Å². The fourth-order valence-electron chi connectivity index (χ4n) is 3.91. The van der Waals surface area contributed by atoms with Gasteiger partial charge in [0.25, 0.3) is 0 Å². The molecule has 0 radical (unpaired) electrons. The second-order valence-electron chi connectivity index (χ2n) is 7.55. The highest BCUT2D eigenvalue weighted by Crippen LogP contribution is 2.26. The van der Waals surface area contributed by atoms with Crippen LogP contribution < -0.4 is 5.32 Å². The van der Waals surface area contributed by atoms with E-state index in [2.05, 4.69) is 20.4 Å². The van der Waals surface area contributed by atoms with Gasteiger partial charge in [-0.25, -0.2) is 19.5 Å². The standard InChI is InChI=1S/C20H23N7O/c1-12-22-17-8-7-16(24-19(17)26(12)2)15-9-10-27-18(15)11-21-20(25-27)23-13-3-5-14(28)6-4-13/h7-11,13-14,28H,3-6H2,1-2H3,(H,23,25)/t13-,14+. The van der Waals surface area contributed by atoms with E-state index in [1.165, 1.54) is 0 Å². The van der Waals surface area contributed by atoms with Gasteiger partial charge in [-0.1, -0.05) is 0 Å². The van der Waals surface area contributed by atoms with Crippen molar-refractivity contribution in [1.82, 2.24) is 29.1 Å². The highest BCUT2D eigenvalue weighted by Gasteiger charge is 2.20. The third-order valence-electron chi connectivity index (χ3n) is 5.66. The van der Waals surface area contributed by atoms with Crippen molar-refractivity contribution in [3.63, 3.8) is 0 Å². The summed E-state index contributed by atoms with van der Waals surface area (Å²) in [6, 6.07) is 6.32. The zero-order valence-electron chi connectivity index (χ0n) is 16.0. The van der Waals surface area contributed by atoms with Crippen LogP contribution in [0.3, 0.4) is 0 Å². The van der Waals surface area contributed by atoms with E-state index >= 15 is 0 Å². The Kier molecular flexibility index (Phi) is 4.01. The molecule has 4 heterocycles. The number of aliphatic hydroxyl groups is 1. The number of nitrogens with one attached hydrogen (secondary N) is 1. The van der Waals surface area contributed by atoms with Crippen LogP contribution in [0, 0.1) is 6.92 Å². The maximum absolute atomic E-state index is 9.66. The third kappa shape index (κ3) is 2.90. The van der Waals surface area contributed by atoms with Gasteiger partial charge in [-0.3, -0.25) is 0 Å². The predicted molar refractivity (Wildman–Crippen MR) is 107 cm³/mol. The van der Waals surface area contributed by atoms with Crippen molar-refractivity contribution in [2.75, 3.05) is 5.32 Å². The van der Waals surface area contributed by atoms with E-state index in [0.717, 1.165) is 59.4 Å². The molecule has 2 N–H and O–H groups in total. The molecule has 0 saturated heterocycles. The van der Waals surface area contributed by atoms with Crippen molar-refractivity contribution < 1.29 is 5.11 Å². The number of aromatic nitrogens is 6. The van der Waals surface area contributed by atoms with Gasteiger partial charge in [0.1, 0.15) is 11.3 Å². The van der Waals surface area contributed by atoms with Crippen LogP contribution in [0.25, 0.3) is 27.9 Å². The monoisotopic (exact) mass is 377 g/mol. The minimum Gasteiger partial charge on any atom is -0.393 e. The van der Waals surface area contributed by atoms with Gasteiger partial charge < -0.3 is 15.0 Å². The minimum absolute atomic E-state index is 0.165. The highest BCUT2D eigenvalue weighted by molar-refractivity contribution is 5.82. The number of rotatable bonds is 3. The largest absolute Gasteiger partial charge is 0.393 e.